The van der Waals surface area contributed by atoms with Crippen molar-refractivity contribution in [1.82, 2.24) is 4.90 Å². The summed E-state index contributed by atoms with van der Waals surface area (Å²) in [5, 5.41) is 3.41. The standard InChI is InChI=1S/C26H25NO2/c28-25-17-22(26-23-9-5-4-8-21(23)10-11-24(26)29-25)18-27-14-12-20(13-15-27)16-19-6-2-1-3-7-19/h1-11,17,20H,12-16,18H2. The maximum atomic E-state index is 12.2. The molecule has 0 spiro atoms. The Labute approximate surface area is 170 Å². The van der Waals surface area contributed by atoms with Gasteiger partial charge in [-0.05, 0) is 66.2 Å². The highest BCUT2D eigenvalue weighted by atomic mass is 16.4. The third-order valence-corrected chi connectivity index (χ3v) is 6.18. The summed E-state index contributed by atoms with van der Waals surface area (Å²) < 4.78 is 5.51. The zero-order chi connectivity index (χ0) is 19.6. The Morgan fingerprint density at radius 1 is 0.897 bits per heavy atom. The molecule has 0 amide bonds. The van der Waals surface area contributed by atoms with E-state index in [9.17, 15) is 4.79 Å². The van der Waals surface area contributed by atoms with Crippen LogP contribution >= 0.6 is 0 Å². The molecule has 0 radical (unpaired) electrons. The molecule has 5 rings (SSSR count). The maximum Gasteiger partial charge on any atom is 0.336 e. The highest BCUT2D eigenvalue weighted by Gasteiger charge is 2.21. The first-order chi connectivity index (χ1) is 14.3. The Morgan fingerprint density at radius 2 is 1.66 bits per heavy atom. The molecule has 0 saturated carbocycles. The molecule has 0 aliphatic carbocycles. The number of piperidine rings is 1. The van der Waals surface area contributed by atoms with Gasteiger partial charge in [0.25, 0.3) is 0 Å². The van der Waals surface area contributed by atoms with Crippen LogP contribution < -0.4 is 5.63 Å². The molecule has 1 saturated heterocycles. The van der Waals surface area contributed by atoms with Gasteiger partial charge in [0.1, 0.15) is 5.58 Å². The third-order valence-electron chi connectivity index (χ3n) is 6.18. The predicted molar refractivity (Wildman–Crippen MR) is 118 cm³/mol. The van der Waals surface area contributed by atoms with Crippen molar-refractivity contribution in [3.63, 3.8) is 0 Å². The lowest BCUT2D eigenvalue weighted by atomic mass is 9.90. The molecule has 4 aromatic rings. The topological polar surface area (TPSA) is 33.5 Å². The van der Waals surface area contributed by atoms with E-state index in [-0.39, 0.29) is 5.63 Å². The first-order valence-corrected chi connectivity index (χ1v) is 10.5. The highest BCUT2D eigenvalue weighted by Crippen LogP contribution is 2.29. The van der Waals surface area contributed by atoms with Crippen LogP contribution in [0.15, 0.2) is 82.0 Å². The minimum absolute atomic E-state index is 0.262. The average Bonchev–Trinajstić information content (AvgIpc) is 2.75. The second-order valence-corrected chi connectivity index (χ2v) is 8.16. The Bertz CT molecular complexity index is 1190. The summed E-state index contributed by atoms with van der Waals surface area (Å²) in [4.78, 5) is 14.6. The fourth-order valence-corrected chi connectivity index (χ4v) is 4.68. The van der Waals surface area contributed by atoms with E-state index >= 15 is 0 Å². The lowest BCUT2D eigenvalue weighted by Gasteiger charge is -2.32. The molecule has 0 atom stereocenters. The number of hydrogen-bond acceptors (Lipinski definition) is 3. The van der Waals surface area contributed by atoms with Gasteiger partial charge in [-0.2, -0.15) is 0 Å². The van der Waals surface area contributed by atoms with Crippen LogP contribution in [0.3, 0.4) is 0 Å². The van der Waals surface area contributed by atoms with E-state index < -0.39 is 0 Å². The summed E-state index contributed by atoms with van der Waals surface area (Å²) in [6.45, 7) is 2.95. The Balaban J connectivity index is 1.37. The predicted octanol–water partition coefficient (Wildman–Crippen LogP) is 5.40. The summed E-state index contributed by atoms with van der Waals surface area (Å²) in [5.74, 6) is 0.743. The lowest BCUT2D eigenvalue weighted by molar-refractivity contribution is 0.177. The molecule has 0 unspecified atom stereocenters. The largest absolute Gasteiger partial charge is 0.423 e. The van der Waals surface area contributed by atoms with Crippen molar-refractivity contribution in [1.29, 1.82) is 0 Å². The second-order valence-electron chi connectivity index (χ2n) is 8.16. The van der Waals surface area contributed by atoms with Crippen molar-refractivity contribution >= 4 is 21.7 Å². The van der Waals surface area contributed by atoms with Crippen molar-refractivity contribution in [2.45, 2.75) is 25.8 Å². The van der Waals surface area contributed by atoms with Crippen molar-refractivity contribution < 1.29 is 4.42 Å². The lowest BCUT2D eigenvalue weighted by Crippen LogP contribution is -2.34. The summed E-state index contributed by atoms with van der Waals surface area (Å²) >= 11 is 0. The first kappa shape index (κ1) is 18.1. The summed E-state index contributed by atoms with van der Waals surface area (Å²) in [6.07, 6.45) is 3.57. The molecule has 3 nitrogen and oxygen atoms in total. The minimum atomic E-state index is -0.262. The molecule has 0 N–H and O–H groups in total. The quantitative estimate of drug-likeness (QED) is 0.349. The van der Waals surface area contributed by atoms with Gasteiger partial charge in [-0.15, -0.1) is 0 Å². The number of hydrogen-bond donors (Lipinski definition) is 0. The van der Waals surface area contributed by atoms with E-state index in [1.807, 2.05) is 24.3 Å². The van der Waals surface area contributed by atoms with Gasteiger partial charge in [-0.25, -0.2) is 4.79 Å². The smallest absolute Gasteiger partial charge is 0.336 e. The molecular formula is C26H25NO2. The molecule has 1 aromatic heterocycles. The summed E-state index contributed by atoms with van der Waals surface area (Å²) in [5.41, 5.74) is 2.94. The van der Waals surface area contributed by atoms with Crippen LogP contribution in [0, 0.1) is 5.92 Å². The van der Waals surface area contributed by atoms with Gasteiger partial charge in [0.15, 0.2) is 0 Å². The highest BCUT2D eigenvalue weighted by molar-refractivity contribution is 6.07. The average molecular weight is 383 g/mol. The molecule has 29 heavy (non-hydrogen) atoms. The summed E-state index contributed by atoms with van der Waals surface area (Å²) in [6, 6.07) is 24.7. The molecule has 3 heteroatoms. The molecular weight excluding hydrogens is 358 g/mol. The number of benzene rings is 3. The van der Waals surface area contributed by atoms with Crippen LogP contribution in [0.1, 0.15) is 24.0 Å². The summed E-state index contributed by atoms with van der Waals surface area (Å²) in [7, 11) is 0. The van der Waals surface area contributed by atoms with Gasteiger partial charge < -0.3 is 4.42 Å². The van der Waals surface area contributed by atoms with Gasteiger partial charge in [0.2, 0.25) is 0 Å². The van der Waals surface area contributed by atoms with Gasteiger partial charge in [0.05, 0.1) is 0 Å². The SMILES string of the molecule is O=c1cc(CN2CCC(Cc3ccccc3)CC2)c2c(ccc3ccccc32)o1. The molecule has 146 valence electrons. The van der Waals surface area contributed by atoms with E-state index in [0.717, 1.165) is 48.3 Å². The van der Waals surface area contributed by atoms with Gasteiger partial charge in [-0.3, -0.25) is 4.90 Å². The van der Waals surface area contributed by atoms with Crippen molar-refractivity contribution in [2.24, 2.45) is 5.92 Å². The van der Waals surface area contributed by atoms with Crippen molar-refractivity contribution in [3.05, 3.63) is 94.3 Å². The molecule has 0 bridgehead atoms. The Kier molecular flexibility index (Phi) is 4.91. The third kappa shape index (κ3) is 3.83. The van der Waals surface area contributed by atoms with Crippen LogP contribution in [-0.2, 0) is 13.0 Å². The number of rotatable bonds is 4. The number of fused-ring (bicyclic) bond motifs is 3. The molecule has 3 aromatic carbocycles. The Hall–Kier alpha value is -2.91. The molecule has 1 aliphatic heterocycles. The molecule has 2 heterocycles. The van der Waals surface area contributed by atoms with E-state index in [4.69, 9.17) is 4.42 Å². The Morgan fingerprint density at radius 3 is 2.48 bits per heavy atom. The first-order valence-electron chi connectivity index (χ1n) is 10.5. The number of nitrogens with zero attached hydrogens (tertiary/aromatic N) is 1. The van der Waals surface area contributed by atoms with Crippen molar-refractivity contribution in [2.75, 3.05) is 13.1 Å². The van der Waals surface area contributed by atoms with Crippen LogP contribution in [0.2, 0.25) is 0 Å². The fraction of sp³-hybridized carbons (Fsp3) is 0.269. The van der Waals surface area contributed by atoms with E-state index in [1.54, 1.807) is 6.07 Å². The second kappa shape index (κ2) is 7.84. The zero-order valence-electron chi connectivity index (χ0n) is 16.5. The van der Waals surface area contributed by atoms with E-state index in [1.165, 1.54) is 23.8 Å². The monoisotopic (exact) mass is 383 g/mol. The van der Waals surface area contributed by atoms with Crippen LogP contribution in [0.4, 0.5) is 0 Å². The van der Waals surface area contributed by atoms with Crippen LogP contribution in [0.5, 0.6) is 0 Å². The normalized spacial score (nSPS) is 15.9. The van der Waals surface area contributed by atoms with Gasteiger partial charge in [0, 0.05) is 18.0 Å². The zero-order valence-corrected chi connectivity index (χ0v) is 16.5. The van der Waals surface area contributed by atoms with Crippen LogP contribution in [0.25, 0.3) is 21.7 Å². The number of likely N-dealkylation sites (tertiary alicyclic amines) is 1. The molecule has 1 fully saturated rings. The van der Waals surface area contributed by atoms with Gasteiger partial charge in [-0.1, -0.05) is 60.7 Å². The fourth-order valence-electron chi connectivity index (χ4n) is 4.68. The van der Waals surface area contributed by atoms with Gasteiger partial charge >= 0.3 is 5.63 Å². The van der Waals surface area contributed by atoms with Crippen molar-refractivity contribution in [3.8, 4) is 0 Å². The van der Waals surface area contributed by atoms with E-state index in [2.05, 4.69) is 47.4 Å². The van der Waals surface area contributed by atoms with Crippen LogP contribution in [-0.4, -0.2) is 18.0 Å². The van der Waals surface area contributed by atoms with E-state index in [0.29, 0.717) is 5.58 Å². The minimum Gasteiger partial charge on any atom is -0.423 e. The molecule has 1 aliphatic rings. The maximum absolute atomic E-state index is 12.2.